The number of aromatic carboxylic acids is 1. The number of carbonyl (C=O) groups is 1. The summed E-state index contributed by atoms with van der Waals surface area (Å²) in [5, 5.41) is 8.57. The number of thiol groups is 1. The highest BCUT2D eigenvalue weighted by molar-refractivity contribution is 7.72. The zero-order valence-corrected chi connectivity index (χ0v) is 7.88. The molecule has 1 N–H and O–H groups in total. The summed E-state index contributed by atoms with van der Waals surface area (Å²) in [4.78, 5) is 10.3. The van der Waals surface area contributed by atoms with Crippen molar-refractivity contribution in [2.75, 3.05) is 0 Å². The van der Waals surface area contributed by atoms with Gasteiger partial charge in [-0.1, -0.05) is 11.6 Å². The van der Waals surface area contributed by atoms with Gasteiger partial charge in [-0.15, -0.1) is 0 Å². The van der Waals surface area contributed by atoms with Gasteiger partial charge in [0.25, 0.3) is 0 Å². The van der Waals surface area contributed by atoms with Crippen LogP contribution in [0.1, 0.15) is 10.4 Å². The summed E-state index contributed by atoms with van der Waals surface area (Å²) in [6.45, 7) is 0. The number of carboxylic acid groups (broad SMARTS) is 1. The van der Waals surface area contributed by atoms with Gasteiger partial charge in [0.15, 0.2) is 10.7 Å². The minimum atomic E-state index is -2.85. The van der Waals surface area contributed by atoms with E-state index in [9.17, 15) is 13.2 Å². The molecule has 0 aliphatic heterocycles. The lowest BCUT2D eigenvalue weighted by Gasteiger charge is -1.97. The molecule has 0 aliphatic rings. The van der Waals surface area contributed by atoms with Crippen molar-refractivity contribution < 1.29 is 18.3 Å². The van der Waals surface area contributed by atoms with Gasteiger partial charge in [-0.2, -0.15) is 0 Å². The van der Waals surface area contributed by atoms with E-state index in [4.69, 9.17) is 16.7 Å². The summed E-state index contributed by atoms with van der Waals surface area (Å²) in [7, 11) is -2.85. The average Bonchev–Trinajstić information content (AvgIpc) is 2.04. The van der Waals surface area contributed by atoms with Gasteiger partial charge in [-0.3, -0.25) is 0 Å². The van der Waals surface area contributed by atoms with E-state index in [-0.39, 0.29) is 15.5 Å². The minimum Gasteiger partial charge on any atom is -0.478 e. The molecule has 4 nitrogen and oxygen atoms in total. The SMILES string of the molecule is O=C(O)c1ccc(Cl)c([SH](=O)=O)c1. The van der Waals surface area contributed by atoms with E-state index in [1.54, 1.807) is 0 Å². The van der Waals surface area contributed by atoms with Crippen LogP contribution in [0.15, 0.2) is 23.1 Å². The number of rotatable bonds is 2. The van der Waals surface area contributed by atoms with Gasteiger partial charge in [0, 0.05) is 0 Å². The van der Waals surface area contributed by atoms with Gasteiger partial charge in [0.2, 0.25) is 0 Å². The minimum absolute atomic E-state index is 0.0288. The summed E-state index contributed by atoms with van der Waals surface area (Å²) < 4.78 is 21.1. The molecular formula is C7H5ClO4S. The van der Waals surface area contributed by atoms with E-state index in [0.29, 0.717) is 0 Å². The molecule has 1 rings (SSSR count). The zero-order valence-electron chi connectivity index (χ0n) is 6.23. The van der Waals surface area contributed by atoms with Crippen molar-refractivity contribution in [1.82, 2.24) is 0 Å². The average molecular weight is 221 g/mol. The molecule has 0 saturated heterocycles. The van der Waals surface area contributed by atoms with Crippen LogP contribution in [0.3, 0.4) is 0 Å². The Kier molecular flexibility index (Phi) is 2.90. The van der Waals surface area contributed by atoms with E-state index in [1.807, 2.05) is 0 Å². The zero-order chi connectivity index (χ0) is 10.0. The van der Waals surface area contributed by atoms with Crippen LogP contribution >= 0.6 is 11.6 Å². The molecule has 0 spiro atoms. The molecule has 1 aromatic rings. The fourth-order valence-electron chi connectivity index (χ4n) is 0.786. The first-order valence-electron chi connectivity index (χ1n) is 3.19. The van der Waals surface area contributed by atoms with Gasteiger partial charge in [0.05, 0.1) is 15.5 Å². The maximum Gasteiger partial charge on any atom is 0.335 e. The van der Waals surface area contributed by atoms with Crippen LogP contribution in [-0.4, -0.2) is 19.5 Å². The molecule has 0 unspecified atom stereocenters. The highest BCUT2D eigenvalue weighted by atomic mass is 35.5. The molecule has 70 valence electrons. The number of carboxylic acids is 1. The molecule has 13 heavy (non-hydrogen) atoms. The number of halogens is 1. The Bertz CT molecular complexity index is 417. The molecule has 0 heterocycles. The van der Waals surface area contributed by atoms with Gasteiger partial charge < -0.3 is 5.11 Å². The third-order valence-electron chi connectivity index (χ3n) is 1.39. The first-order chi connectivity index (χ1) is 6.02. The van der Waals surface area contributed by atoms with Gasteiger partial charge >= 0.3 is 5.97 Å². The lowest BCUT2D eigenvalue weighted by atomic mass is 10.2. The lowest BCUT2D eigenvalue weighted by molar-refractivity contribution is 0.0696. The molecule has 0 saturated carbocycles. The third kappa shape index (κ3) is 2.19. The molecule has 0 amide bonds. The molecule has 6 heteroatoms. The summed E-state index contributed by atoms with van der Waals surface area (Å²) in [5.74, 6) is -1.19. The molecule has 0 atom stereocenters. The highest BCUT2D eigenvalue weighted by Gasteiger charge is 2.08. The standard InChI is InChI=1S/C7H5ClO4S/c8-5-2-1-4(7(9)10)3-6(5)13(11)12/h1-3,13H,(H,9,10). The number of hydrogen-bond donors (Lipinski definition) is 2. The third-order valence-corrected chi connectivity index (χ3v) is 2.61. The highest BCUT2D eigenvalue weighted by Crippen LogP contribution is 2.18. The van der Waals surface area contributed by atoms with Crippen LogP contribution in [0.5, 0.6) is 0 Å². The molecule has 1 aromatic carbocycles. The molecular weight excluding hydrogens is 216 g/mol. The number of hydrogen-bond acceptors (Lipinski definition) is 3. The van der Waals surface area contributed by atoms with Crippen molar-refractivity contribution in [3.8, 4) is 0 Å². The van der Waals surface area contributed by atoms with E-state index < -0.39 is 16.7 Å². The second-order valence-corrected chi connectivity index (χ2v) is 3.63. The first-order valence-corrected chi connectivity index (χ1v) is 4.75. The van der Waals surface area contributed by atoms with Crippen molar-refractivity contribution in [3.05, 3.63) is 28.8 Å². The maximum atomic E-state index is 10.6. The van der Waals surface area contributed by atoms with Crippen LogP contribution < -0.4 is 0 Å². The van der Waals surface area contributed by atoms with E-state index in [0.717, 1.165) is 6.07 Å². The topological polar surface area (TPSA) is 71.4 Å². The second kappa shape index (κ2) is 3.76. The second-order valence-electron chi connectivity index (χ2n) is 2.23. The summed E-state index contributed by atoms with van der Waals surface area (Å²) in [5.41, 5.74) is -0.0985. The van der Waals surface area contributed by atoms with Crippen molar-refractivity contribution in [1.29, 1.82) is 0 Å². The lowest BCUT2D eigenvalue weighted by Crippen LogP contribution is -1.97. The smallest absolute Gasteiger partial charge is 0.335 e. The van der Waals surface area contributed by atoms with Crippen molar-refractivity contribution in [3.63, 3.8) is 0 Å². The van der Waals surface area contributed by atoms with E-state index in [2.05, 4.69) is 0 Å². The maximum absolute atomic E-state index is 10.6. The fourth-order valence-corrected chi connectivity index (χ4v) is 1.60. The Morgan fingerprint density at radius 3 is 2.46 bits per heavy atom. The molecule has 0 bridgehead atoms. The summed E-state index contributed by atoms with van der Waals surface area (Å²) in [6.07, 6.45) is 0. The first kappa shape index (κ1) is 10.0. The molecule has 0 aliphatic carbocycles. The van der Waals surface area contributed by atoms with Crippen LogP contribution in [0.25, 0.3) is 0 Å². The predicted octanol–water partition coefficient (Wildman–Crippen LogP) is 1.01. The van der Waals surface area contributed by atoms with Crippen LogP contribution in [0.4, 0.5) is 0 Å². The quantitative estimate of drug-likeness (QED) is 0.730. The molecule has 0 fully saturated rings. The van der Waals surface area contributed by atoms with Gasteiger partial charge in [-0.05, 0) is 18.2 Å². The summed E-state index contributed by atoms with van der Waals surface area (Å²) in [6, 6.07) is 3.51. The Labute approximate surface area is 80.7 Å². The van der Waals surface area contributed by atoms with E-state index in [1.165, 1.54) is 12.1 Å². The molecule has 0 aromatic heterocycles. The molecule has 0 radical (unpaired) electrons. The Hall–Kier alpha value is -1.07. The monoisotopic (exact) mass is 220 g/mol. The Morgan fingerprint density at radius 1 is 1.38 bits per heavy atom. The van der Waals surface area contributed by atoms with Crippen molar-refractivity contribution in [2.24, 2.45) is 0 Å². The van der Waals surface area contributed by atoms with Gasteiger partial charge in [-0.25, -0.2) is 13.2 Å². The van der Waals surface area contributed by atoms with Gasteiger partial charge in [0.1, 0.15) is 0 Å². The predicted molar refractivity (Wildman–Crippen MR) is 47.0 cm³/mol. The van der Waals surface area contributed by atoms with Crippen molar-refractivity contribution in [2.45, 2.75) is 4.90 Å². The largest absolute Gasteiger partial charge is 0.478 e. The van der Waals surface area contributed by atoms with Crippen molar-refractivity contribution >= 4 is 28.3 Å². The van der Waals surface area contributed by atoms with E-state index >= 15 is 0 Å². The summed E-state index contributed by atoms with van der Waals surface area (Å²) >= 11 is 5.52. The fraction of sp³-hybridized carbons (Fsp3) is 0. The van der Waals surface area contributed by atoms with Crippen LogP contribution in [0.2, 0.25) is 5.02 Å². The van der Waals surface area contributed by atoms with Crippen LogP contribution in [0, 0.1) is 0 Å². The normalized spacial score (nSPS) is 10.3. The van der Waals surface area contributed by atoms with Crippen LogP contribution in [-0.2, 0) is 10.7 Å². The number of benzene rings is 1. The Morgan fingerprint density at radius 2 is 2.00 bits per heavy atom. The Balaban J connectivity index is 3.35.